The molecule has 0 spiro atoms. The number of aromatic nitrogens is 1. The van der Waals surface area contributed by atoms with E-state index in [1.807, 2.05) is 6.92 Å². The van der Waals surface area contributed by atoms with E-state index < -0.39 is 16.6 Å². The zero-order valence-corrected chi connectivity index (χ0v) is 13.0. The molecule has 1 aromatic heterocycles. The van der Waals surface area contributed by atoms with E-state index in [1.54, 1.807) is 0 Å². The largest absolute Gasteiger partial charge is 0.465 e. The minimum atomic E-state index is -1.17. The van der Waals surface area contributed by atoms with Gasteiger partial charge in [0.2, 0.25) is 0 Å². The number of nitrogens with one attached hydrogen (secondary N) is 2. The molecule has 1 aliphatic heterocycles. The Kier molecular flexibility index (Phi) is 3.93. The van der Waals surface area contributed by atoms with E-state index >= 15 is 0 Å². The van der Waals surface area contributed by atoms with Crippen LogP contribution in [0, 0.1) is 16.0 Å². The molecular formula is C15H20N4O4. The van der Waals surface area contributed by atoms with Crippen LogP contribution in [0.1, 0.15) is 36.6 Å². The van der Waals surface area contributed by atoms with Gasteiger partial charge in [-0.25, -0.2) is 4.79 Å². The Balaban J connectivity index is 2.21. The molecule has 1 saturated heterocycles. The Bertz CT molecular complexity index is 663. The second kappa shape index (κ2) is 5.77. The van der Waals surface area contributed by atoms with Crippen molar-refractivity contribution in [1.29, 1.82) is 0 Å². The lowest BCUT2D eigenvalue weighted by Gasteiger charge is -2.41. The molecule has 0 aromatic carbocycles. The van der Waals surface area contributed by atoms with Crippen LogP contribution in [0.4, 0.5) is 10.5 Å². The van der Waals surface area contributed by atoms with E-state index in [4.69, 9.17) is 0 Å². The molecule has 124 valence electrons. The number of piperidine rings is 1. The molecule has 2 heterocycles. The van der Waals surface area contributed by atoms with Crippen molar-refractivity contribution in [2.24, 2.45) is 5.92 Å². The van der Waals surface area contributed by atoms with Gasteiger partial charge in [0.05, 0.1) is 16.0 Å². The third-order valence-electron chi connectivity index (χ3n) is 4.73. The highest BCUT2D eigenvalue weighted by Gasteiger charge is 2.45. The van der Waals surface area contributed by atoms with Crippen LogP contribution < -0.4 is 10.6 Å². The minimum absolute atomic E-state index is 0.0877. The van der Waals surface area contributed by atoms with Crippen LogP contribution in [0.15, 0.2) is 6.20 Å². The van der Waals surface area contributed by atoms with E-state index in [9.17, 15) is 20.0 Å². The molecule has 1 aromatic rings. The number of rotatable bonds is 3. The number of carboxylic acid groups (broad SMARTS) is 1. The summed E-state index contributed by atoms with van der Waals surface area (Å²) < 4.78 is 0. The third-order valence-corrected chi connectivity index (χ3v) is 4.73. The van der Waals surface area contributed by atoms with Crippen LogP contribution in [-0.4, -0.2) is 34.2 Å². The SMILES string of the molecule is C[C@H]1CNC[C@@](NC(=O)O)(c2c([N+](=O)[O-])cnc3c2CCC3)C1. The number of nitrogens with zero attached hydrogens (tertiary/aromatic N) is 2. The third kappa shape index (κ3) is 2.74. The van der Waals surface area contributed by atoms with Crippen LogP contribution in [-0.2, 0) is 18.4 Å². The molecule has 1 fully saturated rings. The van der Waals surface area contributed by atoms with Crippen molar-refractivity contribution in [2.45, 2.75) is 38.1 Å². The van der Waals surface area contributed by atoms with E-state index in [-0.39, 0.29) is 11.6 Å². The molecule has 23 heavy (non-hydrogen) atoms. The summed E-state index contributed by atoms with van der Waals surface area (Å²) in [6, 6.07) is 0. The topological polar surface area (TPSA) is 117 Å². The molecule has 8 heteroatoms. The normalized spacial score (nSPS) is 26.6. The van der Waals surface area contributed by atoms with Crippen molar-refractivity contribution in [3.05, 3.63) is 33.1 Å². The lowest BCUT2D eigenvalue weighted by molar-refractivity contribution is -0.386. The summed E-state index contributed by atoms with van der Waals surface area (Å²) in [7, 11) is 0. The van der Waals surface area contributed by atoms with Crippen LogP contribution in [0.25, 0.3) is 0 Å². The number of amides is 1. The van der Waals surface area contributed by atoms with Crippen molar-refractivity contribution in [3.63, 3.8) is 0 Å². The standard InChI is InChI=1S/C15H20N4O4/c1-9-5-15(8-16-6-9,18-14(20)21)13-10-3-2-4-11(10)17-7-12(13)19(22)23/h7,9,16,18H,2-6,8H2,1H3,(H,20,21)/t9-,15-/m1/s1. The maximum absolute atomic E-state index is 11.5. The van der Waals surface area contributed by atoms with Gasteiger partial charge < -0.3 is 15.7 Å². The Morgan fingerprint density at radius 3 is 3.00 bits per heavy atom. The second-order valence-electron chi connectivity index (χ2n) is 6.51. The van der Waals surface area contributed by atoms with E-state index in [0.717, 1.165) is 30.6 Å². The first kappa shape index (κ1) is 15.7. The first-order valence-electron chi connectivity index (χ1n) is 7.80. The van der Waals surface area contributed by atoms with Gasteiger partial charge in [-0.2, -0.15) is 0 Å². The predicted molar refractivity (Wildman–Crippen MR) is 82.4 cm³/mol. The molecule has 0 bridgehead atoms. The number of fused-ring (bicyclic) bond motifs is 1. The molecule has 0 radical (unpaired) electrons. The number of carbonyl (C=O) groups is 1. The van der Waals surface area contributed by atoms with Gasteiger partial charge in [0.1, 0.15) is 6.20 Å². The molecule has 8 nitrogen and oxygen atoms in total. The summed E-state index contributed by atoms with van der Waals surface area (Å²) in [6.45, 7) is 3.13. The Morgan fingerprint density at radius 1 is 1.57 bits per heavy atom. The number of nitro groups is 1. The fraction of sp³-hybridized carbons (Fsp3) is 0.600. The van der Waals surface area contributed by atoms with Crippen LogP contribution in [0.3, 0.4) is 0 Å². The van der Waals surface area contributed by atoms with Crippen molar-refractivity contribution < 1.29 is 14.8 Å². The molecule has 3 N–H and O–H groups in total. The monoisotopic (exact) mass is 320 g/mol. The van der Waals surface area contributed by atoms with Crippen molar-refractivity contribution >= 4 is 11.8 Å². The van der Waals surface area contributed by atoms with Gasteiger partial charge in [0.25, 0.3) is 5.69 Å². The summed E-state index contributed by atoms with van der Waals surface area (Å²) in [6.07, 6.45) is 3.03. The lowest BCUT2D eigenvalue weighted by atomic mass is 9.76. The summed E-state index contributed by atoms with van der Waals surface area (Å²) in [5, 5.41) is 26.7. The lowest BCUT2D eigenvalue weighted by Crippen LogP contribution is -2.57. The van der Waals surface area contributed by atoms with Crippen molar-refractivity contribution in [2.75, 3.05) is 13.1 Å². The van der Waals surface area contributed by atoms with Crippen LogP contribution >= 0.6 is 0 Å². The first-order chi connectivity index (χ1) is 10.9. The van der Waals surface area contributed by atoms with E-state index in [1.165, 1.54) is 6.20 Å². The van der Waals surface area contributed by atoms with Crippen LogP contribution in [0.2, 0.25) is 0 Å². The number of aryl methyl sites for hydroxylation is 1. The molecule has 1 amide bonds. The van der Waals surface area contributed by atoms with Gasteiger partial charge in [0, 0.05) is 12.2 Å². The van der Waals surface area contributed by atoms with Crippen molar-refractivity contribution in [1.82, 2.24) is 15.6 Å². The Hall–Kier alpha value is -2.22. The van der Waals surface area contributed by atoms with Gasteiger partial charge in [-0.1, -0.05) is 6.92 Å². The van der Waals surface area contributed by atoms with Crippen molar-refractivity contribution in [3.8, 4) is 0 Å². The fourth-order valence-electron chi connectivity index (χ4n) is 3.99. The predicted octanol–water partition coefficient (Wildman–Crippen LogP) is 1.57. The smallest absolute Gasteiger partial charge is 0.405 e. The molecule has 3 rings (SSSR count). The number of hydrogen-bond donors (Lipinski definition) is 3. The van der Waals surface area contributed by atoms with Gasteiger partial charge in [0.15, 0.2) is 0 Å². The molecule has 0 unspecified atom stereocenters. The zero-order chi connectivity index (χ0) is 16.6. The highest BCUT2D eigenvalue weighted by molar-refractivity contribution is 5.68. The van der Waals surface area contributed by atoms with Crippen LogP contribution in [0.5, 0.6) is 0 Å². The quantitative estimate of drug-likeness (QED) is 0.575. The summed E-state index contributed by atoms with van der Waals surface area (Å²) in [5.41, 5.74) is 1.14. The Labute approximate surface area is 133 Å². The maximum Gasteiger partial charge on any atom is 0.405 e. The fourth-order valence-corrected chi connectivity index (χ4v) is 3.99. The molecule has 0 saturated carbocycles. The van der Waals surface area contributed by atoms with Gasteiger partial charge in [-0.15, -0.1) is 0 Å². The number of hydrogen-bond acceptors (Lipinski definition) is 5. The average Bonchev–Trinajstić information content (AvgIpc) is 2.93. The summed E-state index contributed by atoms with van der Waals surface area (Å²) >= 11 is 0. The molecule has 2 aliphatic rings. The van der Waals surface area contributed by atoms with E-state index in [2.05, 4.69) is 15.6 Å². The molecular weight excluding hydrogens is 300 g/mol. The summed E-state index contributed by atoms with van der Waals surface area (Å²) in [4.78, 5) is 26.7. The van der Waals surface area contributed by atoms with Gasteiger partial charge in [-0.05, 0) is 43.7 Å². The minimum Gasteiger partial charge on any atom is -0.465 e. The highest BCUT2D eigenvalue weighted by Crippen LogP contribution is 2.41. The average molecular weight is 320 g/mol. The molecule has 1 aliphatic carbocycles. The summed E-state index contributed by atoms with van der Waals surface area (Å²) in [5.74, 6) is 0.209. The number of pyridine rings is 1. The zero-order valence-electron chi connectivity index (χ0n) is 13.0. The second-order valence-corrected chi connectivity index (χ2v) is 6.51. The van der Waals surface area contributed by atoms with Gasteiger partial charge in [-0.3, -0.25) is 15.1 Å². The van der Waals surface area contributed by atoms with Gasteiger partial charge >= 0.3 is 6.09 Å². The molecule has 2 atom stereocenters. The first-order valence-corrected chi connectivity index (χ1v) is 7.80. The highest BCUT2D eigenvalue weighted by atomic mass is 16.6. The maximum atomic E-state index is 11.5. The van der Waals surface area contributed by atoms with E-state index in [0.29, 0.717) is 24.9 Å². The Morgan fingerprint density at radius 2 is 2.35 bits per heavy atom.